The van der Waals surface area contributed by atoms with Crippen LogP contribution < -0.4 is 20.3 Å². The summed E-state index contributed by atoms with van der Waals surface area (Å²) in [6, 6.07) is 13.7. The van der Waals surface area contributed by atoms with Crippen LogP contribution in [0.4, 0.5) is 41.7 Å². The Morgan fingerprint density at radius 1 is 1.06 bits per heavy atom. The van der Waals surface area contributed by atoms with Crippen molar-refractivity contribution in [1.82, 2.24) is 4.98 Å². The minimum absolute atomic E-state index is 0.0926. The number of carbonyl (C=O) groups is 1. The minimum Gasteiger partial charge on any atom is -0.494 e. The molecule has 0 atom stereocenters. The van der Waals surface area contributed by atoms with E-state index in [0.29, 0.717) is 35.9 Å². The van der Waals surface area contributed by atoms with Gasteiger partial charge in [-0.3, -0.25) is 4.79 Å². The highest BCUT2D eigenvalue weighted by Crippen LogP contribution is 2.39. The molecule has 1 aliphatic heterocycles. The zero-order valence-corrected chi connectivity index (χ0v) is 20.0. The number of aromatic nitrogens is 1. The molecule has 190 valence electrons. The maximum atomic E-state index is 13.8. The van der Waals surface area contributed by atoms with Gasteiger partial charge in [0, 0.05) is 49.2 Å². The molecule has 10 heteroatoms. The van der Waals surface area contributed by atoms with E-state index in [-0.39, 0.29) is 23.7 Å². The van der Waals surface area contributed by atoms with Gasteiger partial charge in [0.15, 0.2) is 0 Å². The maximum Gasteiger partial charge on any atom is 0.419 e. The smallest absolute Gasteiger partial charge is 0.419 e. The van der Waals surface area contributed by atoms with Gasteiger partial charge in [-0.25, -0.2) is 4.98 Å². The molecule has 1 fully saturated rings. The molecule has 2 heterocycles. The molecule has 0 unspecified atom stereocenters. The normalized spacial score (nSPS) is 13.9. The molecule has 4 rings (SSSR count). The first-order valence-corrected chi connectivity index (χ1v) is 11.4. The van der Waals surface area contributed by atoms with Crippen molar-refractivity contribution < 1.29 is 27.4 Å². The summed E-state index contributed by atoms with van der Waals surface area (Å²) in [6.07, 6.45) is -3.74. The van der Waals surface area contributed by atoms with Gasteiger partial charge in [0.25, 0.3) is 0 Å². The van der Waals surface area contributed by atoms with Crippen LogP contribution in [0.15, 0.2) is 54.7 Å². The first-order chi connectivity index (χ1) is 17.2. The number of ether oxygens (including phenoxy) is 2. The van der Waals surface area contributed by atoms with Crippen molar-refractivity contribution in [3.05, 3.63) is 65.9 Å². The van der Waals surface area contributed by atoms with E-state index in [2.05, 4.69) is 20.5 Å². The molecule has 3 aromatic rings. The number of pyridine rings is 1. The van der Waals surface area contributed by atoms with Crippen LogP contribution in [0.3, 0.4) is 0 Å². The van der Waals surface area contributed by atoms with E-state index in [9.17, 15) is 18.0 Å². The fourth-order valence-electron chi connectivity index (χ4n) is 4.00. The van der Waals surface area contributed by atoms with Gasteiger partial charge in [-0.1, -0.05) is 18.2 Å². The number of Topliss-reactive ketones (excluding diaryl/α,β-unsaturated/α-hetero) is 1. The second-order valence-electron chi connectivity index (χ2n) is 8.38. The summed E-state index contributed by atoms with van der Waals surface area (Å²) in [4.78, 5) is 17.8. The molecule has 0 saturated carbocycles. The minimum atomic E-state index is -4.62. The first-order valence-electron chi connectivity index (χ1n) is 11.4. The number of para-hydroxylation sites is 1. The summed E-state index contributed by atoms with van der Waals surface area (Å²) in [5.41, 5.74) is 1.45. The van der Waals surface area contributed by atoms with Gasteiger partial charge in [-0.15, -0.1) is 0 Å². The number of anilines is 5. The summed E-state index contributed by atoms with van der Waals surface area (Å²) in [5, 5.41) is 5.92. The topological polar surface area (TPSA) is 75.7 Å². The summed E-state index contributed by atoms with van der Waals surface area (Å²) >= 11 is 0. The van der Waals surface area contributed by atoms with Crippen LogP contribution in [0.2, 0.25) is 0 Å². The van der Waals surface area contributed by atoms with Crippen LogP contribution in [0, 0.1) is 0 Å². The average molecular weight is 501 g/mol. The lowest BCUT2D eigenvalue weighted by atomic mass is 10.1. The summed E-state index contributed by atoms with van der Waals surface area (Å²) in [5.74, 6) is 0.638. The van der Waals surface area contributed by atoms with Gasteiger partial charge in [-0.05, 0) is 30.7 Å². The summed E-state index contributed by atoms with van der Waals surface area (Å²) in [7, 11) is 1.53. The number of methoxy groups -OCH3 is 1. The van der Waals surface area contributed by atoms with Gasteiger partial charge < -0.3 is 25.0 Å². The molecular weight excluding hydrogens is 473 g/mol. The molecule has 36 heavy (non-hydrogen) atoms. The molecule has 0 radical (unpaired) electrons. The number of hydrogen-bond acceptors (Lipinski definition) is 7. The molecule has 0 spiro atoms. The van der Waals surface area contributed by atoms with E-state index < -0.39 is 11.7 Å². The first kappa shape index (κ1) is 25.3. The third-order valence-corrected chi connectivity index (χ3v) is 5.76. The molecule has 2 aromatic carbocycles. The van der Waals surface area contributed by atoms with Crippen LogP contribution in [0.1, 0.15) is 18.1 Å². The molecule has 0 amide bonds. The van der Waals surface area contributed by atoms with Crippen LogP contribution >= 0.6 is 0 Å². The largest absolute Gasteiger partial charge is 0.494 e. The molecule has 0 bridgehead atoms. The number of morpholine rings is 1. The fraction of sp³-hybridized carbons (Fsp3) is 0.308. The zero-order valence-electron chi connectivity index (χ0n) is 20.0. The number of rotatable bonds is 8. The van der Waals surface area contributed by atoms with Gasteiger partial charge in [0.2, 0.25) is 0 Å². The number of benzene rings is 2. The van der Waals surface area contributed by atoms with Gasteiger partial charge in [-0.2, -0.15) is 13.2 Å². The Hall–Kier alpha value is -3.79. The predicted molar refractivity (Wildman–Crippen MR) is 133 cm³/mol. The Labute approximate surface area is 207 Å². The molecule has 1 aromatic heterocycles. The Balaban J connectivity index is 1.64. The van der Waals surface area contributed by atoms with Crippen molar-refractivity contribution in [3.8, 4) is 5.75 Å². The van der Waals surface area contributed by atoms with E-state index in [1.165, 1.54) is 20.1 Å². The third kappa shape index (κ3) is 6.06. The molecule has 7 nitrogen and oxygen atoms in total. The highest BCUT2D eigenvalue weighted by molar-refractivity contribution is 5.81. The molecule has 1 aliphatic rings. The fourth-order valence-corrected chi connectivity index (χ4v) is 4.00. The van der Waals surface area contributed by atoms with Crippen LogP contribution in [-0.4, -0.2) is 44.2 Å². The average Bonchev–Trinajstić information content (AvgIpc) is 2.85. The van der Waals surface area contributed by atoms with Gasteiger partial charge in [0.05, 0.1) is 37.3 Å². The summed E-state index contributed by atoms with van der Waals surface area (Å²) in [6.45, 7) is 4.24. The Bertz CT molecular complexity index is 1230. The van der Waals surface area contributed by atoms with Crippen LogP contribution in [-0.2, 0) is 22.1 Å². The molecular formula is C26H27F3N4O3. The maximum absolute atomic E-state index is 13.8. The van der Waals surface area contributed by atoms with Crippen LogP contribution in [0.25, 0.3) is 0 Å². The van der Waals surface area contributed by atoms with E-state index in [1.54, 1.807) is 30.3 Å². The van der Waals surface area contributed by atoms with E-state index in [4.69, 9.17) is 9.47 Å². The number of nitrogens with zero attached hydrogens (tertiary/aromatic N) is 2. The van der Waals surface area contributed by atoms with Gasteiger partial charge in [0.1, 0.15) is 17.4 Å². The highest BCUT2D eigenvalue weighted by atomic mass is 19.4. The molecule has 0 aliphatic carbocycles. The summed E-state index contributed by atoms with van der Waals surface area (Å²) < 4.78 is 52.2. The quantitative estimate of drug-likeness (QED) is 0.419. The SMILES string of the molecule is COc1cc(N2CCOCC2)ccc1Nc1cc(Nc2ccccc2CC(C)=O)c(C(F)(F)F)cn1. The molecule has 1 saturated heterocycles. The number of carbonyl (C=O) groups excluding carboxylic acids is 1. The van der Waals surface area contributed by atoms with Crippen molar-refractivity contribution in [1.29, 1.82) is 0 Å². The number of ketones is 1. The van der Waals surface area contributed by atoms with E-state index in [0.717, 1.165) is 25.0 Å². The Morgan fingerprint density at radius 3 is 2.50 bits per heavy atom. The second-order valence-corrected chi connectivity index (χ2v) is 8.38. The van der Waals surface area contributed by atoms with E-state index in [1.807, 2.05) is 12.1 Å². The van der Waals surface area contributed by atoms with Crippen molar-refractivity contribution in [3.63, 3.8) is 0 Å². The van der Waals surface area contributed by atoms with Crippen molar-refractivity contribution in [2.75, 3.05) is 48.9 Å². The third-order valence-electron chi connectivity index (χ3n) is 5.76. The van der Waals surface area contributed by atoms with E-state index >= 15 is 0 Å². The number of hydrogen-bond donors (Lipinski definition) is 2. The van der Waals surface area contributed by atoms with Crippen molar-refractivity contribution >= 4 is 34.4 Å². The number of nitrogens with one attached hydrogen (secondary N) is 2. The lowest BCUT2D eigenvalue weighted by Gasteiger charge is -2.29. The lowest BCUT2D eigenvalue weighted by Crippen LogP contribution is -2.36. The highest BCUT2D eigenvalue weighted by Gasteiger charge is 2.34. The van der Waals surface area contributed by atoms with Crippen LogP contribution in [0.5, 0.6) is 5.75 Å². The number of halogens is 3. The standard InChI is InChI=1S/C26H27F3N4O3/c1-17(34)13-18-5-3-4-6-21(18)31-23-15-25(30-16-20(23)26(27,28)29)32-22-8-7-19(14-24(22)35-2)33-9-11-36-12-10-33/h3-8,14-16H,9-13H2,1-2H3,(H2,30,31,32). The second kappa shape index (κ2) is 10.9. The molecule has 2 N–H and O–H groups in total. The monoisotopic (exact) mass is 500 g/mol. The Kier molecular flexibility index (Phi) is 7.64. The lowest BCUT2D eigenvalue weighted by molar-refractivity contribution is -0.137. The predicted octanol–water partition coefficient (Wildman–Crippen LogP) is 5.56. The van der Waals surface area contributed by atoms with Crippen molar-refractivity contribution in [2.45, 2.75) is 19.5 Å². The number of alkyl halides is 3. The Morgan fingerprint density at radius 2 is 1.81 bits per heavy atom. The van der Waals surface area contributed by atoms with Gasteiger partial charge >= 0.3 is 6.18 Å². The zero-order chi connectivity index (χ0) is 25.7. The van der Waals surface area contributed by atoms with Crippen molar-refractivity contribution in [2.24, 2.45) is 0 Å².